The zero-order valence-electron chi connectivity index (χ0n) is 8.70. The van der Waals surface area contributed by atoms with Gasteiger partial charge < -0.3 is 5.32 Å². The van der Waals surface area contributed by atoms with Crippen molar-refractivity contribution in [3.63, 3.8) is 0 Å². The Labute approximate surface area is 97.7 Å². The average molecular weight is 236 g/mol. The Morgan fingerprint density at radius 1 is 1.31 bits per heavy atom. The van der Waals surface area contributed by atoms with E-state index in [2.05, 4.69) is 15.3 Å². The van der Waals surface area contributed by atoms with Crippen LogP contribution in [0.25, 0.3) is 11.0 Å². The summed E-state index contributed by atoms with van der Waals surface area (Å²) in [5, 5.41) is 3.13. The van der Waals surface area contributed by atoms with E-state index in [-0.39, 0.29) is 17.5 Å². The lowest BCUT2D eigenvalue weighted by Gasteiger charge is -2.06. The van der Waals surface area contributed by atoms with Crippen LogP contribution in [0.1, 0.15) is 6.92 Å². The van der Waals surface area contributed by atoms with Crippen LogP contribution in [0.3, 0.4) is 0 Å². The van der Waals surface area contributed by atoms with Gasteiger partial charge in [-0.05, 0) is 19.1 Å². The van der Waals surface area contributed by atoms with Crippen molar-refractivity contribution in [3.05, 3.63) is 29.4 Å². The van der Waals surface area contributed by atoms with Crippen LogP contribution in [0.5, 0.6) is 0 Å². The summed E-state index contributed by atoms with van der Waals surface area (Å²) in [6.07, 6.45) is 0. The molecule has 0 aliphatic rings. The molecule has 0 radical (unpaired) electrons. The third-order valence-electron chi connectivity index (χ3n) is 2.03. The first kappa shape index (κ1) is 10.8. The zero-order valence-corrected chi connectivity index (χ0v) is 9.45. The predicted molar refractivity (Wildman–Crippen MR) is 63.7 cm³/mol. The summed E-state index contributed by atoms with van der Waals surface area (Å²) in [7, 11) is 0. The number of anilines is 1. The normalized spacial score (nSPS) is 10.4. The number of para-hydroxylation sites is 2. The topological polar surface area (TPSA) is 54.9 Å². The van der Waals surface area contributed by atoms with Gasteiger partial charge in [0, 0.05) is 0 Å². The Balaban J connectivity index is 2.38. The Kier molecular flexibility index (Phi) is 3.01. The summed E-state index contributed by atoms with van der Waals surface area (Å²) >= 11 is 5.94. The zero-order chi connectivity index (χ0) is 11.5. The highest BCUT2D eigenvalue weighted by Crippen LogP contribution is 2.20. The number of carbonyl (C=O) groups excluding carboxylic acids is 1. The van der Waals surface area contributed by atoms with Crippen LogP contribution in [0.15, 0.2) is 24.3 Å². The third-order valence-corrected chi connectivity index (χ3v) is 2.30. The van der Waals surface area contributed by atoms with Gasteiger partial charge >= 0.3 is 0 Å². The van der Waals surface area contributed by atoms with Gasteiger partial charge in [0.25, 0.3) is 0 Å². The molecule has 0 saturated carbocycles. The van der Waals surface area contributed by atoms with E-state index in [1.54, 1.807) is 0 Å². The first-order valence-corrected chi connectivity index (χ1v) is 5.20. The minimum absolute atomic E-state index is 0.0195. The van der Waals surface area contributed by atoms with E-state index in [0.29, 0.717) is 5.82 Å². The molecule has 0 fully saturated rings. The molecule has 4 nitrogen and oxygen atoms in total. The molecule has 2 rings (SSSR count). The summed E-state index contributed by atoms with van der Waals surface area (Å²) in [4.78, 5) is 19.3. The quantitative estimate of drug-likeness (QED) is 0.887. The second kappa shape index (κ2) is 4.45. The molecule has 0 saturated heterocycles. The summed E-state index contributed by atoms with van der Waals surface area (Å²) in [6, 6.07) is 7.43. The maximum atomic E-state index is 10.8. The smallest absolute Gasteiger partial charge is 0.172 e. The van der Waals surface area contributed by atoms with Crippen molar-refractivity contribution in [2.45, 2.75) is 6.92 Å². The van der Waals surface area contributed by atoms with E-state index in [0.717, 1.165) is 11.0 Å². The van der Waals surface area contributed by atoms with Crippen molar-refractivity contribution in [3.8, 4) is 0 Å². The second-order valence-electron chi connectivity index (χ2n) is 3.41. The Morgan fingerprint density at radius 2 is 1.94 bits per heavy atom. The molecule has 0 aliphatic carbocycles. The van der Waals surface area contributed by atoms with Crippen molar-refractivity contribution in [2.24, 2.45) is 0 Å². The molecule has 1 heterocycles. The van der Waals surface area contributed by atoms with Crippen molar-refractivity contribution in [2.75, 3.05) is 11.9 Å². The Hall–Kier alpha value is -1.68. The van der Waals surface area contributed by atoms with Crippen LogP contribution in [0, 0.1) is 0 Å². The predicted octanol–water partition coefficient (Wildman–Crippen LogP) is 2.28. The number of fused-ring (bicyclic) bond motifs is 1. The van der Waals surface area contributed by atoms with Crippen LogP contribution in [0.4, 0.5) is 5.82 Å². The number of nitrogens with one attached hydrogen (secondary N) is 1. The van der Waals surface area contributed by atoms with Gasteiger partial charge in [-0.2, -0.15) is 0 Å². The summed E-state index contributed by atoms with van der Waals surface area (Å²) in [5.74, 6) is 0.460. The lowest BCUT2D eigenvalue weighted by molar-refractivity contribution is -0.115. The van der Waals surface area contributed by atoms with Gasteiger partial charge in [0.05, 0.1) is 17.6 Å². The van der Waals surface area contributed by atoms with E-state index in [9.17, 15) is 4.79 Å². The van der Waals surface area contributed by atoms with E-state index in [1.165, 1.54) is 6.92 Å². The number of ketones is 1. The molecule has 5 heteroatoms. The van der Waals surface area contributed by atoms with Crippen LogP contribution < -0.4 is 5.32 Å². The molecule has 0 amide bonds. The maximum Gasteiger partial charge on any atom is 0.172 e. The Morgan fingerprint density at radius 3 is 2.56 bits per heavy atom. The average Bonchev–Trinajstić information content (AvgIpc) is 2.26. The minimum Gasteiger partial charge on any atom is -0.360 e. The van der Waals surface area contributed by atoms with Gasteiger partial charge in [-0.1, -0.05) is 23.7 Å². The summed E-state index contributed by atoms with van der Waals surface area (Å²) in [5.41, 5.74) is 1.49. The largest absolute Gasteiger partial charge is 0.360 e. The van der Waals surface area contributed by atoms with Crippen molar-refractivity contribution >= 4 is 34.2 Å². The summed E-state index contributed by atoms with van der Waals surface area (Å²) in [6.45, 7) is 1.70. The highest BCUT2D eigenvalue weighted by molar-refractivity contribution is 6.32. The first-order chi connectivity index (χ1) is 7.66. The van der Waals surface area contributed by atoms with Gasteiger partial charge in [-0.25, -0.2) is 9.97 Å². The number of carbonyl (C=O) groups is 1. The number of aromatic nitrogens is 2. The van der Waals surface area contributed by atoms with E-state index >= 15 is 0 Å². The minimum atomic E-state index is 0.0195. The Bertz CT molecular complexity index is 542. The number of benzene rings is 1. The first-order valence-electron chi connectivity index (χ1n) is 4.82. The second-order valence-corrected chi connectivity index (χ2v) is 3.77. The number of nitrogens with zero attached hydrogens (tertiary/aromatic N) is 2. The molecule has 0 unspecified atom stereocenters. The number of hydrogen-bond donors (Lipinski definition) is 1. The standard InChI is InChI=1S/C11H10ClN3O/c1-7(16)6-13-11-10(12)14-8-4-2-3-5-9(8)15-11/h2-5H,6H2,1H3,(H,13,15). The van der Waals surface area contributed by atoms with Crippen LogP contribution in [-0.2, 0) is 4.79 Å². The van der Waals surface area contributed by atoms with Gasteiger partial charge in [-0.15, -0.1) is 0 Å². The molecule has 0 spiro atoms. The highest BCUT2D eigenvalue weighted by atomic mass is 35.5. The fourth-order valence-corrected chi connectivity index (χ4v) is 1.50. The van der Waals surface area contributed by atoms with E-state index in [1.807, 2.05) is 24.3 Å². The molecule has 16 heavy (non-hydrogen) atoms. The fourth-order valence-electron chi connectivity index (χ4n) is 1.30. The van der Waals surface area contributed by atoms with Crippen molar-refractivity contribution in [1.82, 2.24) is 9.97 Å². The lowest BCUT2D eigenvalue weighted by atomic mass is 10.3. The molecule has 1 aromatic heterocycles. The number of rotatable bonds is 3. The number of hydrogen-bond acceptors (Lipinski definition) is 4. The molecule has 82 valence electrons. The van der Waals surface area contributed by atoms with Crippen LogP contribution in [-0.4, -0.2) is 22.3 Å². The molecule has 1 N–H and O–H groups in total. The molecule has 0 aliphatic heterocycles. The van der Waals surface area contributed by atoms with Gasteiger partial charge in [0.1, 0.15) is 5.78 Å². The molecule has 2 aromatic rings. The van der Waals surface area contributed by atoms with Crippen molar-refractivity contribution < 1.29 is 4.79 Å². The molecule has 1 aromatic carbocycles. The fraction of sp³-hybridized carbons (Fsp3) is 0.182. The van der Waals surface area contributed by atoms with Crippen LogP contribution >= 0.6 is 11.6 Å². The van der Waals surface area contributed by atoms with E-state index < -0.39 is 0 Å². The lowest BCUT2D eigenvalue weighted by Crippen LogP contribution is -2.11. The SMILES string of the molecule is CC(=O)CNc1nc2ccccc2nc1Cl. The molecular formula is C11H10ClN3O. The summed E-state index contributed by atoms with van der Waals surface area (Å²) < 4.78 is 0. The number of Topliss-reactive ketones (excluding diaryl/α,β-unsaturated/α-hetero) is 1. The van der Waals surface area contributed by atoms with Crippen LogP contribution in [0.2, 0.25) is 5.15 Å². The number of halogens is 1. The third kappa shape index (κ3) is 2.28. The van der Waals surface area contributed by atoms with E-state index in [4.69, 9.17) is 11.6 Å². The maximum absolute atomic E-state index is 10.8. The molecule has 0 atom stereocenters. The highest BCUT2D eigenvalue weighted by Gasteiger charge is 2.06. The van der Waals surface area contributed by atoms with Crippen molar-refractivity contribution in [1.29, 1.82) is 0 Å². The molecule has 0 bridgehead atoms. The van der Waals surface area contributed by atoms with Gasteiger partial charge in [0.15, 0.2) is 11.0 Å². The van der Waals surface area contributed by atoms with Gasteiger partial charge in [0.2, 0.25) is 0 Å². The molecular weight excluding hydrogens is 226 g/mol. The monoisotopic (exact) mass is 235 g/mol. The van der Waals surface area contributed by atoms with Gasteiger partial charge in [-0.3, -0.25) is 4.79 Å².